The Morgan fingerprint density at radius 1 is 1.16 bits per heavy atom. The molecule has 32 heavy (non-hydrogen) atoms. The second-order valence-electron chi connectivity index (χ2n) is 8.15. The number of nitrogens with two attached hydrogens (primary N) is 1. The van der Waals surface area contributed by atoms with Crippen molar-refractivity contribution in [2.45, 2.75) is 32.0 Å². The van der Waals surface area contributed by atoms with Crippen LogP contribution in [0.5, 0.6) is 0 Å². The summed E-state index contributed by atoms with van der Waals surface area (Å²) in [4.78, 5) is 25.1. The van der Waals surface area contributed by atoms with E-state index in [2.05, 4.69) is 33.1 Å². The number of H-pyrrole nitrogens is 1. The Morgan fingerprint density at radius 3 is 2.66 bits per heavy atom. The molecule has 1 amide bonds. The van der Waals surface area contributed by atoms with E-state index in [1.165, 1.54) is 0 Å². The molecule has 3 aromatic rings. The van der Waals surface area contributed by atoms with E-state index in [1.807, 2.05) is 53.6 Å². The van der Waals surface area contributed by atoms with Gasteiger partial charge in [0.15, 0.2) is 0 Å². The highest BCUT2D eigenvalue weighted by atomic mass is 16.2. The summed E-state index contributed by atoms with van der Waals surface area (Å²) in [6, 6.07) is 19.6. The Bertz CT molecular complexity index is 1070. The summed E-state index contributed by atoms with van der Waals surface area (Å²) in [6.07, 6.45) is 3.30. The van der Waals surface area contributed by atoms with Gasteiger partial charge in [-0.05, 0) is 29.7 Å². The maximum Gasteiger partial charge on any atom is 0.240 e. The largest absolute Gasteiger partial charge is 0.345 e. The molecule has 4 rings (SSSR count). The molecular formula is C25H28N6O. The van der Waals surface area contributed by atoms with E-state index < -0.39 is 0 Å². The lowest BCUT2D eigenvalue weighted by molar-refractivity contribution is -0.132. The van der Waals surface area contributed by atoms with Gasteiger partial charge in [-0.1, -0.05) is 42.5 Å². The van der Waals surface area contributed by atoms with Crippen LogP contribution in [0.25, 0.3) is 0 Å². The fourth-order valence-corrected chi connectivity index (χ4v) is 4.22. The fraction of sp³-hybridized carbons (Fsp3) is 0.320. The second kappa shape index (κ2) is 10.2. The molecule has 1 unspecified atom stereocenters. The molecule has 0 aliphatic carbocycles. The lowest BCUT2D eigenvalue weighted by Crippen LogP contribution is -2.43. The van der Waals surface area contributed by atoms with E-state index in [0.29, 0.717) is 38.2 Å². The Labute approximate surface area is 188 Å². The number of carbonyl (C=O) groups is 1. The van der Waals surface area contributed by atoms with Crippen LogP contribution < -0.4 is 5.73 Å². The van der Waals surface area contributed by atoms with Crippen LogP contribution in [-0.4, -0.2) is 51.4 Å². The van der Waals surface area contributed by atoms with Crippen molar-refractivity contribution in [1.82, 2.24) is 19.8 Å². The van der Waals surface area contributed by atoms with E-state index in [0.717, 1.165) is 35.6 Å². The number of aromatic nitrogens is 2. The lowest BCUT2D eigenvalue weighted by atomic mass is 10.1. The van der Waals surface area contributed by atoms with Crippen LogP contribution in [-0.2, 0) is 24.3 Å². The summed E-state index contributed by atoms with van der Waals surface area (Å²) in [7, 11) is 0. The van der Waals surface area contributed by atoms with Gasteiger partial charge in [-0.25, -0.2) is 4.98 Å². The number of carbonyl (C=O) groups excluding carboxylic acids is 1. The second-order valence-corrected chi connectivity index (χ2v) is 8.15. The van der Waals surface area contributed by atoms with Gasteiger partial charge < -0.3 is 15.6 Å². The van der Waals surface area contributed by atoms with Crippen LogP contribution in [0.4, 0.5) is 0 Å². The number of likely N-dealkylation sites (tertiary alicyclic amines) is 1. The molecule has 164 valence electrons. The zero-order valence-electron chi connectivity index (χ0n) is 18.1. The molecule has 0 bridgehead atoms. The number of amides is 1. The summed E-state index contributed by atoms with van der Waals surface area (Å²) in [5.74, 6) is 1.03. The number of imidazole rings is 1. The maximum absolute atomic E-state index is 13.1. The van der Waals surface area contributed by atoms with E-state index >= 15 is 0 Å². The Balaban J connectivity index is 1.39. The van der Waals surface area contributed by atoms with Crippen LogP contribution in [0.2, 0.25) is 0 Å². The van der Waals surface area contributed by atoms with Crippen molar-refractivity contribution in [2.75, 3.05) is 19.6 Å². The van der Waals surface area contributed by atoms with Crippen LogP contribution in [0.15, 0.2) is 60.8 Å². The van der Waals surface area contributed by atoms with Gasteiger partial charge in [0.2, 0.25) is 5.91 Å². The normalized spacial score (nSPS) is 16.0. The molecule has 2 aromatic carbocycles. The molecule has 1 aromatic heterocycles. The van der Waals surface area contributed by atoms with Crippen LogP contribution in [0, 0.1) is 11.3 Å². The minimum absolute atomic E-state index is 0.160. The van der Waals surface area contributed by atoms with Crippen molar-refractivity contribution < 1.29 is 4.79 Å². The summed E-state index contributed by atoms with van der Waals surface area (Å²) in [5.41, 5.74) is 9.72. The third kappa shape index (κ3) is 5.22. The highest BCUT2D eigenvalue weighted by molar-refractivity contribution is 5.84. The summed E-state index contributed by atoms with van der Waals surface area (Å²) in [6.45, 7) is 3.15. The third-order valence-corrected chi connectivity index (χ3v) is 5.85. The van der Waals surface area contributed by atoms with Crippen molar-refractivity contribution in [3.8, 4) is 6.07 Å². The molecule has 7 nitrogen and oxygen atoms in total. The number of aromatic amines is 1. The molecule has 1 saturated heterocycles. The summed E-state index contributed by atoms with van der Waals surface area (Å²) >= 11 is 0. The molecule has 1 atom stereocenters. The number of nitriles is 1. The third-order valence-electron chi connectivity index (χ3n) is 5.85. The van der Waals surface area contributed by atoms with Crippen molar-refractivity contribution in [3.63, 3.8) is 0 Å². The highest BCUT2D eigenvalue weighted by Crippen LogP contribution is 2.21. The van der Waals surface area contributed by atoms with Gasteiger partial charge in [-0.15, -0.1) is 0 Å². The van der Waals surface area contributed by atoms with Gasteiger partial charge in [-0.2, -0.15) is 5.26 Å². The quantitative estimate of drug-likeness (QED) is 0.545. The average molecular weight is 429 g/mol. The van der Waals surface area contributed by atoms with E-state index in [4.69, 9.17) is 11.0 Å². The van der Waals surface area contributed by atoms with E-state index in [-0.39, 0.29) is 11.9 Å². The molecule has 1 aliphatic heterocycles. The van der Waals surface area contributed by atoms with Gasteiger partial charge in [-0.3, -0.25) is 9.69 Å². The first-order valence-electron chi connectivity index (χ1n) is 10.9. The van der Waals surface area contributed by atoms with Gasteiger partial charge in [0, 0.05) is 51.0 Å². The average Bonchev–Trinajstić information content (AvgIpc) is 3.41. The van der Waals surface area contributed by atoms with Crippen LogP contribution in [0.1, 0.15) is 34.6 Å². The molecule has 2 heterocycles. The maximum atomic E-state index is 13.1. The monoisotopic (exact) mass is 428 g/mol. The van der Waals surface area contributed by atoms with Gasteiger partial charge >= 0.3 is 0 Å². The SMILES string of the molecule is N#Cc1ccc(Cc2ncc(CN(CCN)C3CCN(Cc4ccccc4)C3=O)[nH]2)cc1. The number of nitrogens with zero attached hydrogens (tertiary/aromatic N) is 4. The highest BCUT2D eigenvalue weighted by Gasteiger charge is 2.35. The minimum atomic E-state index is -0.160. The Morgan fingerprint density at radius 2 is 1.94 bits per heavy atom. The smallest absolute Gasteiger partial charge is 0.240 e. The van der Waals surface area contributed by atoms with Crippen LogP contribution >= 0.6 is 0 Å². The lowest BCUT2D eigenvalue weighted by Gasteiger charge is -2.27. The molecule has 1 fully saturated rings. The Kier molecular flexibility index (Phi) is 6.95. The number of benzene rings is 2. The summed E-state index contributed by atoms with van der Waals surface area (Å²) < 4.78 is 0. The first-order valence-corrected chi connectivity index (χ1v) is 10.9. The molecular weight excluding hydrogens is 400 g/mol. The van der Waals surface area contributed by atoms with Gasteiger partial charge in [0.05, 0.1) is 17.7 Å². The van der Waals surface area contributed by atoms with E-state index in [1.54, 1.807) is 0 Å². The van der Waals surface area contributed by atoms with Crippen LogP contribution in [0.3, 0.4) is 0 Å². The number of nitrogens with one attached hydrogen (secondary N) is 1. The molecule has 7 heteroatoms. The first kappa shape index (κ1) is 21.8. The van der Waals surface area contributed by atoms with Crippen molar-refractivity contribution in [1.29, 1.82) is 5.26 Å². The van der Waals surface area contributed by atoms with Gasteiger partial charge in [0.25, 0.3) is 0 Å². The molecule has 0 saturated carbocycles. The van der Waals surface area contributed by atoms with Gasteiger partial charge in [0.1, 0.15) is 5.82 Å². The standard InChI is InChI=1S/C25H28N6O/c26-11-13-30(23-10-12-31(25(23)32)17-21-4-2-1-3-5-21)18-22-16-28-24(29-22)14-19-6-8-20(15-27)9-7-19/h1-9,16,23H,10-14,17-18,26H2,(H,28,29). The zero-order chi connectivity index (χ0) is 22.3. The predicted octanol–water partition coefficient (Wildman–Crippen LogP) is 2.43. The summed E-state index contributed by atoms with van der Waals surface area (Å²) in [5, 5.41) is 8.94. The van der Waals surface area contributed by atoms with Crippen molar-refractivity contribution in [2.24, 2.45) is 5.73 Å². The van der Waals surface area contributed by atoms with E-state index in [9.17, 15) is 4.79 Å². The number of hydrogen-bond donors (Lipinski definition) is 2. The zero-order valence-corrected chi connectivity index (χ0v) is 18.1. The fourth-order valence-electron chi connectivity index (χ4n) is 4.22. The van der Waals surface area contributed by atoms with Crippen molar-refractivity contribution >= 4 is 5.91 Å². The molecule has 3 N–H and O–H groups in total. The number of hydrogen-bond acceptors (Lipinski definition) is 5. The van der Waals surface area contributed by atoms with Crippen molar-refractivity contribution in [3.05, 3.63) is 89.0 Å². The molecule has 1 aliphatic rings. The number of rotatable bonds is 9. The Hall–Kier alpha value is -3.47. The predicted molar refractivity (Wildman–Crippen MR) is 122 cm³/mol. The topological polar surface area (TPSA) is 102 Å². The minimum Gasteiger partial charge on any atom is -0.345 e. The first-order chi connectivity index (χ1) is 15.7. The molecule has 0 spiro atoms. The molecule has 0 radical (unpaired) electrons.